The minimum absolute atomic E-state index is 0.465. The van der Waals surface area contributed by atoms with Gasteiger partial charge in [-0.15, -0.1) is 9.52 Å². The van der Waals surface area contributed by atoms with Crippen molar-refractivity contribution >= 4 is 16.6 Å². The summed E-state index contributed by atoms with van der Waals surface area (Å²) in [6.45, 7) is 0. The van der Waals surface area contributed by atoms with Crippen LogP contribution in [-0.4, -0.2) is 23.7 Å². The van der Waals surface area contributed by atoms with E-state index < -0.39 is 10.3 Å². The van der Waals surface area contributed by atoms with E-state index in [1.807, 2.05) is 0 Å². The van der Waals surface area contributed by atoms with Gasteiger partial charge in [0.2, 0.25) is 0 Å². The Morgan fingerprint density at radius 1 is 1.71 bits per heavy atom. The van der Waals surface area contributed by atoms with Crippen LogP contribution < -0.4 is 0 Å². The van der Waals surface area contributed by atoms with E-state index in [4.69, 9.17) is 4.55 Å². The van der Waals surface area contributed by atoms with Gasteiger partial charge in [-0.25, -0.2) is 0 Å². The lowest BCUT2D eigenvalue weighted by atomic mass is 11.6. The molecule has 0 bridgehead atoms. The molecule has 0 spiro atoms. The first-order chi connectivity index (χ1) is 3.11. The van der Waals surface area contributed by atoms with Gasteiger partial charge in [0.1, 0.15) is 0 Å². The average Bonchev–Trinajstić information content (AvgIpc) is 1.99. The Morgan fingerprint density at radius 3 is 2.14 bits per heavy atom. The highest BCUT2D eigenvalue weighted by molar-refractivity contribution is 7.84. The van der Waals surface area contributed by atoms with Crippen molar-refractivity contribution in [2.24, 2.45) is 5.10 Å². The molecular formula is CH2N2O3S. The van der Waals surface area contributed by atoms with E-state index in [9.17, 15) is 8.42 Å². The molecule has 7 heavy (non-hydrogen) atoms. The highest BCUT2D eigenvalue weighted by Crippen LogP contribution is 2.03. The first-order valence-corrected chi connectivity index (χ1v) is 2.81. The summed E-state index contributed by atoms with van der Waals surface area (Å²) in [5, 5.41) is 3.04. The van der Waals surface area contributed by atoms with Crippen LogP contribution in [0.4, 0.5) is 0 Å². The highest BCUT2D eigenvalue weighted by Gasteiger charge is 2.21. The van der Waals surface area contributed by atoms with E-state index in [0.717, 1.165) is 6.34 Å². The summed E-state index contributed by atoms with van der Waals surface area (Å²) in [5.74, 6) is 0. The minimum Gasteiger partial charge on any atom is -0.268 e. The molecule has 1 aliphatic rings. The van der Waals surface area contributed by atoms with Crippen molar-refractivity contribution in [2.75, 3.05) is 0 Å². The maximum absolute atomic E-state index is 9.75. The Balaban J connectivity index is 2.74. The average molecular weight is 122 g/mol. The zero-order valence-electron chi connectivity index (χ0n) is 3.14. The molecule has 0 aromatic rings. The van der Waals surface area contributed by atoms with E-state index in [0.29, 0.717) is 4.41 Å². The molecule has 40 valence electrons. The summed E-state index contributed by atoms with van der Waals surface area (Å²) >= 11 is 0. The van der Waals surface area contributed by atoms with E-state index in [2.05, 4.69) is 5.10 Å². The maximum Gasteiger partial charge on any atom is 0.380 e. The van der Waals surface area contributed by atoms with Crippen molar-refractivity contribution in [2.45, 2.75) is 0 Å². The molecule has 1 heterocycles. The van der Waals surface area contributed by atoms with Gasteiger partial charge in [0.25, 0.3) is 0 Å². The largest absolute Gasteiger partial charge is 0.380 e. The van der Waals surface area contributed by atoms with Crippen molar-refractivity contribution < 1.29 is 13.0 Å². The Labute approximate surface area is 40.1 Å². The quantitative estimate of drug-likeness (QED) is 0.456. The molecule has 0 aliphatic carbocycles. The SMILES string of the molecule is O=S(=O)(O)N1C=N1. The van der Waals surface area contributed by atoms with Crippen molar-refractivity contribution in [3.05, 3.63) is 0 Å². The van der Waals surface area contributed by atoms with Gasteiger partial charge in [0.05, 0.1) is 0 Å². The topological polar surface area (TPSA) is 69.7 Å². The van der Waals surface area contributed by atoms with Crippen LogP contribution >= 0.6 is 0 Å². The predicted molar refractivity (Wildman–Crippen MR) is 21.9 cm³/mol. The van der Waals surface area contributed by atoms with Crippen LogP contribution in [0.15, 0.2) is 5.10 Å². The number of rotatable bonds is 1. The van der Waals surface area contributed by atoms with Crippen molar-refractivity contribution in [1.82, 2.24) is 4.41 Å². The molecule has 0 atom stereocenters. The van der Waals surface area contributed by atoms with Crippen molar-refractivity contribution in [3.8, 4) is 0 Å². The molecule has 0 saturated heterocycles. The Kier molecular flexibility index (Phi) is 0.621. The van der Waals surface area contributed by atoms with E-state index in [1.54, 1.807) is 0 Å². The van der Waals surface area contributed by atoms with Crippen LogP contribution in [0.2, 0.25) is 0 Å². The van der Waals surface area contributed by atoms with Crippen LogP contribution in [0.25, 0.3) is 0 Å². The summed E-state index contributed by atoms with van der Waals surface area (Å²) in [4.78, 5) is 0. The highest BCUT2D eigenvalue weighted by atomic mass is 32.2. The molecule has 0 aromatic heterocycles. The third-order valence-corrected chi connectivity index (χ3v) is 1.11. The van der Waals surface area contributed by atoms with Gasteiger partial charge < -0.3 is 0 Å². The van der Waals surface area contributed by atoms with Crippen molar-refractivity contribution in [3.63, 3.8) is 0 Å². The summed E-state index contributed by atoms with van der Waals surface area (Å²) in [5.41, 5.74) is 0. The molecule has 1 N–H and O–H groups in total. The second-order valence-electron chi connectivity index (χ2n) is 0.981. The third kappa shape index (κ3) is 0.875. The second kappa shape index (κ2) is 0.958. The molecule has 1 aliphatic heterocycles. The fourth-order valence-electron chi connectivity index (χ4n) is 0.140. The van der Waals surface area contributed by atoms with E-state index >= 15 is 0 Å². The smallest absolute Gasteiger partial charge is 0.268 e. The summed E-state index contributed by atoms with van der Waals surface area (Å²) in [6.07, 6.45) is 0.995. The second-order valence-corrected chi connectivity index (χ2v) is 2.25. The third-order valence-electron chi connectivity index (χ3n) is 0.446. The zero-order valence-corrected chi connectivity index (χ0v) is 3.96. The lowest BCUT2D eigenvalue weighted by Crippen LogP contribution is -2.09. The molecule has 0 radical (unpaired) electrons. The zero-order chi connectivity index (χ0) is 5.49. The van der Waals surface area contributed by atoms with Crippen LogP contribution in [0.3, 0.4) is 0 Å². The Hall–Kier alpha value is -0.620. The number of hydrogen-bond donors (Lipinski definition) is 1. The standard InChI is InChI=1S/CH2N2O3S/c4-7(5,6)3-1-2-3/h1H,(H,4,5,6). The Morgan fingerprint density at radius 2 is 2.14 bits per heavy atom. The monoisotopic (exact) mass is 122 g/mol. The molecule has 0 amide bonds. The van der Waals surface area contributed by atoms with Gasteiger partial charge in [0, 0.05) is 0 Å². The molecular weight excluding hydrogens is 120 g/mol. The summed E-state index contributed by atoms with van der Waals surface area (Å²) < 4.78 is 27.9. The molecule has 0 unspecified atom stereocenters. The molecule has 5 nitrogen and oxygen atoms in total. The van der Waals surface area contributed by atoms with Crippen LogP contribution in [0.5, 0.6) is 0 Å². The lowest BCUT2D eigenvalue weighted by molar-refractivity contribution is 0.448. The molecule has 0 saturated carbocycles. The molecule has 0 fully saturated rings. The lowest BCUT2D eigenvalue weighted by Gasteiger charge is -1.87. The molecule has 1 rings (SSSR count). The number of hydrogen-bond acceptors (Lipinski definition) is 3. The minimum atomic E-state index is -4.02. The van der Waals surface area contributed by atoms with Gasteiger partial charge in [-0.1, -0.05) is 0 Å². The van der Waals surface area contributed by atoms with Gasteiger partial charge >= 0.3 is 10.3 Å². The van der Waals surface area contributed by atoms with E-state index in [1.165, 1.54) is 0 Å². The van der Waals surface area contributed by atoms with Gasteiger partial charge in [0.15, 0.2) is 6.34 Å². The molecule has 0 aromatic carbocycles. The first kappa shape index (κ1) is 4.54. The maximum atomic E-state index is 9.75. The first-order valence-electron chi connectivity index (χ1n) is 1.41. The van der Waals surface area contributed by atoms with Crippen LogP contribution in [-0.2, 0) is 10.3 Å². The van der Waals surface area contributed by atoms with Crippen LogP contribution in [0, 0.1) is 0 Å². The van der Waals surface area contributed by atoms with Gasteiger partial charge in [-0.3, -0.25) is 4.55 Å². The van der Waals surface area contributed by atoms with Gasteiger partial charge in [-0.2, -0.15) is 8.42 Å². The van der Waals surface area contributed by atoms with Gasteiger partial charge in [-0.05, 0) is 0 Å². The Bertz CT molecular complexity index is 185. The van der Waals surface area contributed by atoms with Crippen LogP contribution in [0.1, 0.15) is 0 Å². The number of nitrogens with zero attached hydrogens (tertiary/aromatic N) is 2. The fourth-order valence-corrected chi connectivity index (χ4v) is 0.421. The molecule has 6 heteroatoms. The summed E-state index contributed by atoms with van der Waals surface area (Å²) in [7, 11) is -4.02. The summed E-state index contributed by atoms with van der Waals surface area (Å²) in [6, 6.07) is 0. The van der Waals surface area contributed by atoms with Crippen molar-refractivity contribution in [1.29, 1.82) is 0 Å². The number of hydrazone groups is 1. The predicted octanol–water partition coefficient (Wildman–Crippen LogP) is -0.952. The van der Waals surface area contributed by atoms with E-state index in [-0.39, 0.29) is 0 Å². The normalized spacial score (nSPS) is 17.6. The fraction of sp³-hybridized carbons (Fsp3) is 0.